The normalized spacial score (nSPS) is 24.4. The number of nitrogens with two attached hydrogens (primary N) is 2. The SMILES string of the molecule is CCCCCC(=O)C[C@H]1CSCc2cccc(c2)CSC[C@@H](C(=O)N[C@@H](CC(=O)O)C(N)=O)CC(=O)[C@H](Cc2ccccc2)NC(=O)[C@H](CCC(N)=O)NC(=O)[C@H]([C@@H](C)O)NC(=O)[C@@H]2CCCN2C(=O)[C@@H]2CCCN2C1=O. The topological polar surface area (TPSA) is 335 Å². The van der Waals surface area contributed by atoms with Gasteiger partial charge in [0.05, 0.1) is 30.4 Å². The Morgan fingerprint density at radius 1 is 0.766 bits per heavy atom. The van der Waals surface area contributed by atoms with Crippen molar-refractivity contribution in [3.63, 3.8) is 0 Å². The summed E-state index contributed by atoms with van der Waals surface area (Å²) in [6, 6.07) is 7.92. The number of carbonyl (C=O) groups is 11. The highest BCUT2D eigenvalue weighted by molar-refractivity contribution is 7.98. The fourth-order valence-electron chi connectivity index (χ4n) is 9.77. The number of benzene rings is 2. The maximum absolute atomic E-state index is 14.6. The number of thioether (sulfide) groups is 2. The quantitative estimate of drug-likeness (QED) is 0.105. The van der Waals surface area contributed by atoms with Crippen molar-refractivity contribution in [3.8, 4) is 0 Å². The predicted molar refractivity (Wildman–Crippen MR) is 288 cm³/mol. The van der Waals surface area contributed by atoms with Crippen LogP contribution in [0.2, 0.25) is 0 Å². The van der Waals surface area contributed by atoms with Crippen molar-refractivity contribution in [3.05, 3.63) is 71.3 Å². The number of unbranched alkanes of at least 4 members (excludes halogenated alkanes) is 2. The third-order valence-electron chi connectivity index (χ3n) is 13.9. The third kappa shape index (κ3) is 19.0. The van der Waals surface area contributed by atoms with Crippen molar-refractivity contribution in [2.24, 2.45) is 23.3 Å². The van der Waals surface area contributed by atoms with Gasteiger partial charge in [-0.1, -0.05) is 74.4 Å². The van der Waals surface area contributed by atoms with E-state index >= 15 is 0 Å². The molecule has 2 bridgehead atoms. The molecule has 21 nitrogen and oxygen atoms in total. The van der Waals surface area contributed by atoms with Crippen molar-refractivity contribution in [2.75, 3.05) is 24.6 Å². The predicted octanol–water partition coefficient (Wildman–Crippen LogP) is 1.67. The lowest BCUT2D eigenvalue weighted by Gasteiger charge is -2.33. The fraction of sp³-hybridized carbons (Fsp3) is 0.574. The van der Waals surface area contributed by atoms with Gasteiger partial charge in [-0.2, -0.15) is 23.5 Å². The molecule has 0 spiro atoms. The second-order valence-corrected chi connectivity index (χ2v) is 22.2. The molecule has 3 heterocycles. The number of aliphatic carboxylic acids is 1. The molecular weight excluding hydrogens is 1030 g/mol. The number of nitrogens with one attached hydrogen (secondary N) is 4. The third-order valence-corrected chi connectivity index (χ3v) is 16.3. The van der Waals surface area contributed by atoms with E-state index in [1.807, 2.05) is 31.2 Å². The first kappa shape index (κ1) is 61.5. The summed E-state index contributed by atoms with van der Waals surface area (Å²) in [4.78, 5) is 153. The van der Waals surface area contributed by atoms with Gasteiger partial charge in [-0.15, -0.1) is 0 Å². The number of primary amides is 2. The molecule has 10 N–H and O–H groups in total. The molecule has 3 aliphatic heterocycles. The lowest BCUT2D eigenvalue weighted by Crippen LogP contribution is -2.61. The fourth-order valence-corrected chi connectivity index (χ4v) is 11.9. The minimum Gasteiger partial charge on any atom is -0.481 e. The molecule has 3 aliphatic rings. The number of aliphatic hydroxyl groups excluding tert-OH is 1. The molecule has 23 heteroatoms. The highest BCUT2D eigenvalue weighted by Crippen LogP contribution is 2.30. The number of carboxylic acid groups (broad SMARTS) is 1. The molecule has 0 saturated carbocycles. The van der Waals surface area contributed by atoms with Crippen molar-refractivity contribution < 1.29 is 63.0 Å². The largest absolute Gasteiger partial charge is 0.481 e. The van der Waals surface area contributed by atoms with Crippen molar-refractivity contribution in [1.82, 2.24) is 31.1 Å². The van der Waals surface area contributed by atoms with E-state index in [4.69, 9.17) is 11.5 Å². The van der Waals surface area contributed by atoms with Gasteiger partial charge in [-0.25, -0.2) is 0 Å². The van der Waals surface area contributed by atoms with Crippen LogP contribution >= 0.6 is 23.5 Å². The summed E-state index contributed by atoms with van der Waals surface area (Å²) in [7, 11) is 0. The minimum atomic E-state index is -1.70. The number of rotatable bonds is 17. The average Bonchev–Trinajstić information content (AvgIpc) is 4.10. The molecule has 0 aliphatic carbocycles. The van der Waals surface area contributed by atoms with Crippen molar-refractivity contribution in [2.45, 2.75) is 158 Å². The second kappa shape index (κ2) is 30.6. The summed E-state index contributed by atoms with van der Waals surface area (Å²) < 4.78 is 0. The average molecular weight is 1110 g/mol. The Labute approximate surface area is 457 Å². The molecule has 0 radical (unpaired) electrons. The minimum absolute atomic E-state index is 0.00697. The molecule has 9 atom stereocenters. The summed E-state index contributed by atoms with van der Waals surface area (Å²) in [6.45, 7) is 3.72. The first-order valence-corrected chi connectivity index (χ1v) is 28.7. The maximum Gasteiger partial charge on any atom is 0.305 e. The Bertz CT molecular complexity index is 2450. The molecule has 2 aromatic rings. The molecule has 2 saturated heterocycles. The number of carbonyl (C=O) groups excluding carboxylic acids is 10. The van der Waals surface area contributed by atoms with E-state index in [1.165, 1.54) is 40.2 Å². The Morgan fingerprint density at radius 2 is 1.40 bits per heavy atom. The van der Waals surface area contributed by atoms with Gasteiger partial charge in [0.2, 0.25) is 47.3 Å². The van der Waals surface area contributed by atoms with E-state index < -0.39 is 127 Å². The Hall–Kier alpha value is -6.33. The summed E-state index contributed by atoms with van der Waals surface area (Å²) in [5, 5.41) is 30.5. The van der Waals surface area contributed by atoms with Crippen LogP contribution in [0.1, 0.15) is 114 Å². The number of ketones is 2. The van der Waals surface area contributed by atoms with Crippen LogP contribution in [0, 0.1) is 11.8 Å². The number of fused-ring (bicyclic) bond motifs is 4. The number of amides is 8. The van der Waals surface area contributed by atoms with Crippen LogP contribution in [0.3, 0.4) is 0 Å². The highest BCUT2D eigenvalue weighted by atomic mass is 32.2. The number of hydrogen-bond acceptors (Lipinski definition) is 14. The number of hydrogen-bond donors (Lipinski definition) is 8. The van der Waals surface area contributed by atoms with Crippen molar-refractivity contribution >= 4 is 88.3 Å². The smallest absolute Gasteiger partial charge is 0.305 e. The van der Waals surface area contributed by atoms with E-state index in [-0.39, 0.29) is 62.0 Å². The van der Waals surface area contributed by atoms with Crippen LogP contribution < -0.4 is 32.7 Å². The molecule has 0 unspecified atom stereocenters. The molecule has 2 fully saturated rings. The van der Waals surface area contributed by atoms with E-state index in [0.717, 1.165) is 24.0 Å². The summed E-state index contributed by atoms with van der Waals surface area (Å²) in [5.41, 5.74) is 13.3. The second-order valence-electron chi connectivity index (χ2n) is 20.1. The molecule has 420 valence electrons. The summed E-state index contributed by atoms with van der Waals surface area (Å²) in [5.74, 6) is -9.36. The molecule has 0 aromatic heterocycles. The van der Waals surface area contributed by atoms with Gasteiger partial charge in [-0.05, 0) is 68.6 Å². The zero-order valence-electron chi connectivity index (χ0n) is 43.8. The van der Waals surface area contributed by atoms with Crippen molar-refractivity contribution in [1.29, 1.82) is 0 Å². The Kier molecular flexibility index (Phi) is 24.4. The standard InChI is InChI=1S/C54H74N8O13S2/c1-3-4-6-16-38(64)25-37-31-77-29-35-15-9-14-34(23-35)28-76-30-36(49(70)59-41(48(56)69)27-46(67)68)26-44(65)40(24-33-12-7-5-8-13-33)58-50(71)39(19-20-45(55)66)57-52(73)47(32(2)63)60-51(72)42-17-10-21-61(42)54(75)43-18-11-22-62(43)53(37)74/h5,7-9,12-15,23,32,36-37,39-43,47,63H,3-4,6,10-11,16-22,24-31H2,1-2H3,(H2,55,66)(H2,56,69)(H,57,73)(H,58,71)(H,59,70)(H,60,72)(H,67,68)/t32-,36+,37+,39+,40+,41+,42+,43+,47+/m1/s1. The van der Waals surface area contributed by atoms with Crippen LogP contribution in [0.5, 0.6) is 0 Å². The zero-order valence-corrected chi connectivity index (χ0v) is 45.4. The van der Waals surface area contributed by atoms with Gasteiger partial charge < -0.3 is 52.7 Å². The zero-order chi connectivity index (χ0) is 56.2. The lowest BCUT2D eigenvalue weighted by atomic mass is 9.94. The molecule has 77 heavy (non-hydrogen) atoms. The van der Waals surface area contributed by atoms with Gasteiger partial charge in [-0.3, -0.25) is 52.7 Å². The number of nitrogens with zero attached hydrogens (tertiary/aromatic N) is 2. The van der Waals surface area contributed by atoms with E-state index in [0.29, 0.717) is 49.2 Å². The first-order chi connectivity index (χ1) is 36.8. The number of Topliss-reactive ketones (excluding diaryl/α,β-unsaturated/α-hetero) is 2. The van der Waals surface area contributed by atoms with Gasteiger partial charge in [0.15, 0.2) is 5.78 Å². The number of carboxylic acids is 1. The van der Waals surface area contributed by atoms with E-state index in [1.54, 1.807) is 30.3 Å². The van der Waals surface area contributed by atoms with Crippen LogP contribution in [0.25, 0.3) is 0 Å². The van der Waals surface area contributed by atoms with Gasteiger partial charge in [0, 0.05) is 61.8 Å². The molecule has 2 aromatic carbocycles. The summed E-state index contributed by atoms with van der Waals surface area (Å²) in [6.07, 6.45) is 0.427. The van der Waals surface area contributed by atoms with Gasteiger partial charge in [0.1, 0.15) is 36.0 Å². The van der Waals surface area contributed by atoms with Crippen LogP contribution in [0.15, 0.2) is 54.6 Å². The first-order valence-electron chi connectivity index (χ1n) is 26.4. The maximum atomic E-state index is 14.6. The lowest BCUT2D eigenvalue weighted by molar-refractivity contribution is -0.148. The molecular formula is C54H74N8O13S2. The monoisotopic (exact) mass is 1110 g/mol. The van der Waals surface area contributed by atoms with Crippen LogP contribution in [-0.4, -0.2) is 152 Å². The van der Waals surface area contributed by atoms with Crippen LogP contribution in [-0.2, 0) is 70.7 Å². The highest BCUT2D eigenvalue weighted by Gasteiger charge is 2.45. The Morgan fingerprint density at radius 3 is 2.03 bits per heavy atom. The molecule has 8 amide bonds. The molecule has 5 rings (SSSR count). The van der Waals surface area contributed by atoms with Gasteiger partial charge in [0.25, 0.3) is 0 Å². The van der Waals surface area contributed by atoms with E-state index in [9.17, 15) is 63.0 Å². The van der Waals surface area contributed by atoms with Gasteiger partial charge >= 0.3 is 5.97 Å². The summed E-state index contributed by atoms with van der Waals surface area (Å²) >= 11 is 2.75. The van der Waals surface area contributed by atoms with E-state index in [2.05, 4.69) is 21.3 Å². The number of aliphatic hydroxyl groups is 1. The van der Waals surface area contributed by atoms with Crippen LogP contribution in [0.4, 0.5) is 0 Å². The Balaban J connectivity index is 1.53.